The fraction of sp³-hybridized carbons (Fsp3) is 0.333. The van der Waals surface area contributed by atoms with E-state index >= 15 is 0 Å². The summed E-state index contributed by atoms with van der Waals surface area (Å²) in [5, 5.41) is 0. The number of anilines is 2. The Morgan fingerprint density at radius 2 is 2.07 bits per heavy atom. The first-order chi connectivity index (χ1) is 7.08. The molecule has 4 N–H and O–H groups in total. The van der Waals surface area contributed by atoms with Crippen molar-refractivity contribution in [2.75, 3.05) is 18.1 Å². The molecule has 1 atom stereocenters. The van der Waals surface area contributed by atoms with Crippen LogP contribution in [0.15, 0.2) is 12.1 Å². The average Bonchev–Trinajstić information content (AvgIpc) is 2.58. The number of benzene rings is 1. The highest BCUT2D eigenvalue weighted by atomic mass is 19.1. The Kier molecular flexibility index (Phi) is 2.54. The van der Waals surface area contributed by atoms with Gasteiger partial charge in [0.25, 0.3) is 0 Å². The van der Waals surface area contributed by atoms with Crippen molar-refractivity contribution in [3.63, 3.8) is 0 Å². The van der Waals surface area contributed by atoms with E-state index in [1.807, 2.05) is 6.92 Å². The molecule has 6 heteroatoms. The molecule has 0 aromatic heterocycles. The Balaban J connectivity index is 2.32. The lowest BCUT2D eigenvalue weighted by Crippen LogP contribution is -2.35. The standard InChI is InChI=1S/C9H12BFN2O2/c1-5-4-14-10(15-5)6-2-8(12)9(13)3-7(6)11/h2-3,5H,4,12-13H2,1H3. The Labute approximate surface area is 87.5 Å². The molecule has 2 rings (SSSR count). The molecule has 80 valence electrons. The minimum absolute atomic E-state index is 0.0341. The monoisotopic (exact) mass is 210 g/mol. The Bertz CT molecular complexity index is 389. The average molecular weight is 210 g/mol. The van der Waals surface area contributed by atoms with Crippen LogP contribution in [0.4, 0.5) is 15.8 Å². The van der Waals surface area contributed by atoms with Crippen LogP contribution in [0.3, 0.4) is 0 Å². The quantitative estimate of drug-likeness (QED) is 0.510. The molecule has 0 aliphatic carbocycles. The van der Waals surface area contributed by atoms with Gasteiger partial charge in [-0.05, 0) is 19.1 Å². The molecule has 1 heterocycles. The highest BCUT2D eigenvalue weighted by Crippen LogP contribution is 2.16. The SMILES string of the molecule is CC1COB(c2cc(N)c(N)cc2F)O1. The molecular formula is C9H12BFN2O2. The van der Waals surface area contributed by atoms with E-state index in [1.165, 1.54) is 12.1 Å². The number of rotatable bonds is 1. The van der Waals surface area contributed by atoms with Crippen LogP contribution in [-0.4, -0.2) is 19.8 Å². The zero-order valence-corrected chi connectivity index (χ0v) is 8.37. The highest BCUT2D eigenvalue weighted by Gasteiger charge is 2.33. The van der Waals surface area contributed by atoms with E-state index in [9.17, 15) is 4.39 Å². The van der Waals surface area contributed by atoms with E-state index in [0.29, 0.717) is 17.8 Å². The minimum atomic E-state index is -0.678. The van der Waals surface area contributed by atoms with E-state index in [1.54, 1.807) is 0 Å². The molecule has 1 aliphatic rings. The zero-order chi connectivity index (χ0) is 11.0. The van der Waals surface area contributed by atoms with E-state index in [0.717, 1.165) is 0 Å². The van der Waals surface area contributed by atoms with Crippen molar-refractivity contribution >= 4 is 24.0 Å². The third-order valence-electron chi connectivity index (χ3n) is 2.29. The zero-order valence-electron chi connectivity index (χ0n) is 8.37. The lowest BCUT2D eigenvalue weighted by Gasteiger charge is -2.09. The number of nitrogens with two attached hydrogens (primary N) is 2. The molecule has 0 radical (unpaired) electrons. The summed E-state index contributed by atoms with van der Waals surface area (Å²) in [6.45, 7) is 2.31. The molecule has 1 saturated heterocycles. The van der Waals surface area contributed by atoms with Crippen LogP contribution < -0.4 is 16.9 Å². The van der Waals surface area contributed by atoms with Crippen molar-refractivity contribution in [1.29, 1.82) is 0 Å². The van der Waals surface area contributed by atoms with Crippen molar-refractivity contribution in [3.8, 4) is 0 Å². The van der Waals surface area contributed by atoms with Gasteiger partial charge in [-0.1, -0.05) is 0 Å². The summed E-state index contributed by atoms with van der Waals surface area (Å²) in [4.78, 5) is 0. The maximum atomic E-state index is 13.5. The highest BCUT2D eigenvalue weighted by molar-refractivity contribution is 6.62. The van der Waals surface area contributed by atoms with Gasteiger partial charge in [-0.25, -0.2) is 4.39 Å². The van der Waals surface area contributed by atoms with Gasteiger partial charge in [-0.3, -0.25) is 0 Å². The molecule has 15 heavy (non-hydrogen) atoms. The third kappa shape index (κ3) is 1.91. The molecule has 0 spiro atoms. The first-order valence-electron chi connectivity index (χ1n) is 4.69. The van der Waals surface area contributed by atoms with Crippen molar-refractivity contribution in [2.45, 2.75) is 13.0 Å². The van der Waals surface area contributed by atoms with Gasteiger partial charge in [0.15, 0.2) is 0 Å². The fourth-order valence-electron chi connectivity index (χ4n) is 1.48. The molecule has 0 saturated carbocycles. The predicted molar refractivity (Wildman–Crippen MR) is 57.1 cm³/mol. The normalized spacial score (nSPS) is 20.9. The van der Waals surface area contributed by atoms with E-state index in [2.05, 4.69) is 0 Å². The van der Waals surface area contributed by atoms with Crippen LogP contribution >= 0.6 is 0 Å². The van der Waals surface area contributed by atoms with Crippen LogP contribution in [0.1, 0.15) is 6.92 Å². The number of nitrogen functional groups attached to an aromatic ring is 2. The van der Waals surface area contributed by atoms with Crippen LogP contribution in [0, 0.1) is 5.82 Å². The van der Waals surface area contributed by atoms with Crippen LogP contribution in [-0.2, 0) is 9.31 Å². The summed E-state index contributed by atoms with van der Waals surface area (Å²) in [5.41, 5.74) is 11.9. The Morgan fingerprint density at radius 3 is 2.67 bits per heavy atom. The third-order valence-corrected chi connectivity index (χ3v) is 2.29. The van der Waals surface area contributed by atoms with Gasteiger partial charge in [0.2, 0.25) is 0 Å². The molecule has 0 bridgehead atoms. The Hall–Kier alpha value is -1.27. The van der Waals surface area contributed by atoms with Crippen molar-refractivity contribution < 1.29 is 13.7 Å². The molecule has 1 unspecified atom stereocenters. The van der Waals surface area contributed by atoms with Gasteiger partial charge in [0.1, 0.15) is 5.82 Å². The molecule has 1 aromatic rings. The lowest BCUT2D eigenvalue weighted by atomic mass is 9.78. The summed E-state index contributed by atoms with van der Waals surface area (Å²) < 4.78 is 24.1. The number of hydrogen-bond donors (Lipinski definition) is 2. The van der Waals surface area contributed by atoms with Crippen LogP contribution in [0.25, 0.3) is 0 Å². The van der Waals surface area contributed by atoms with Crippen LogP contribution in [0.5, 0.6) is 0 Å². The van der Waals surface area contributed by atoms with Gasteiger partial charge in [0, 0.05) is 5.46 Å². The summed E-state index contributed by atoms with van der Waals surface area (Å²) in [6.07, 6.45) is -0.0341. The summed E-state index contributed by atoms with van der Waals surface area (Å²) >= 11 is 0. The molecule has 1 aliphatic heterocycles. The van der Waals surface area contributed by atoms with Gasteiger partial charge < -0.3 is 20.8 Å². The molecule has 1 aromatic carbocycles. The smallest absolute Gasteiger partial charge is 0.405 e. The van der Waals surface area contributed by atoms with Crippen molar-refractivity contribution in [2.24, 2.45) is 0 Å². The number of hydrogen-bond acceptors (Lipinski definition) is 4. The first-order valence-corrected chi connectivity index (χ1v) is 4.69. The lowest BCUT2D eigenvalue weighted by molar-refractivity contribution is 0.258. The van der Waals surface area contributed by atoms with E-state index in [4.69, 9.17) is 20.8 Å². The van der Waals surface area contributed by atoms with E-state index < -0.39 is 12.9 Å². The second-order valence-electron chi connectivity index (χ2n) is 3.61. The van der Waals surface area contributed by atoms with Crippen molar-refractivity contribution in [1.82, 2.24) is 0 Å². The fourth-order valence-corrected chi connectivity index (χ4v) is 1.48. The molecule has 1 fully saturated rings. The summed E-state index contributed by atoms with van der Waals surface area (Å²) in [7, 11) is -0.678. The predicted octanol–water partition coefficient (Wildman–Crippen LogP) is 0.121. The minimum Gasteiger partial charge on any atom is -0.405 e. The van der Waals surface area contributed by atoms with Gasteiger partial charge >= 0.3 is 7.12 Å². The first kappa shape index (κ1) is 10.3. The van der Waals surface area contributed by atoms with Crippen LogP contribution in [0.2, 0.25) is 0 Å². The largest absolute Gasteiger partial charge is 0.497 e. The Morgan fingerprint density at radius 1 is 1.40 bits per heavy atom. The summed E-state index contributed by atoms with van der Waals surface area (Å²) in [5.74, 6) is -0.458. The maximum absolute atomic E-state index is 13.5. The van der Waals surface area contributed by atoms with Gasteiger partial charge in [-0.2, -0.15) is 0 Å². The summed E-state index contributed by atoms with van der Waals surface area (Å²) in [6, 6.07) is 2.63. The topological polar surface area (TPSA) is 70.5 Å². The van der Waals surface area contributed by atoms with E-state index in [-0.39, 0.29) is 11.8 Å². The molecule has 4 nitrogen and oxygen atoms in total. The number of halogens is 1. The molecule has 0 amide bonds. The maximum Gasteiger partial charge on any atom is 0.497 e. The van der Waals surface area contributed by atoms with Gasteiger partial charge in [0.05, 0.1) is 24.1 Å². The molecular weight excluding hydrogens is 198 g/mol. The van der Waals surface area contributed by atoms with Gasteiger partial charge in [-0.15, -0.1) is 0 Å². The second kappa shape index (κ2) is 3.71. The van der Waals surface area contributed by atoms with Crippen molar-refractivity contribution in [3.05, 3.63) is 17.9 Å². The second-order valence-corrected chi connectivity index (χ2v) is 3.61.